The zero-order valence-electron chi connectivity index (χ0n) is 12.1. The second kappa shape index (κ2) is 7.12. The van der Waals surface area contributed by atoms with Gasteiger partial charge in [0.15, 0.2) is 11.6 Å². The van der Waals surface area contributed by atoms with Crippen LogP contribution in [0, 0.1) is 5.82 Å². The van der Waals surface area contributed by atoms with Crippen LogP contribution in [0.25, 0.3) is 0 Å². The molecule has 1 amide bonds. The molecule has 19 heavy (non-hydrogen) atoms. The number of carbonyl (C=O) groups excluding carboxylic acids is 1. The van der Waals surface area contributed by atoms with Crippen LogP contribution in [0.15, 0.2) is 18.2 Å². The molecule has 0 aromatic heterocycles. The van der Waals surface area contributed by atoms with Crippen molar-refractivity contribution in [1.29, 1.82) is 0 Å². The molecule has 0 heterocycles. The first-order chi connectivity index (χ1) is 8.99. The van der Waals surface area contributed by atoms with Gasteiger partial charge in [-0.3, -0.25) is 4.79 Å². The number of nitrogens with zero attached hydrogens (tertiary/aromatic N) is 1. The minimum Gasteiger partial charge on any atom is -0.494 e. The molecule has 0 bridgehead atoms. The van der Waals surface area contributed by atoms with Crippen LogP contribution in [0.5, 0.6) is 5.75 Å². The van der Waals surface area contributed by atoms with Gasteiger partial charge in [-0.25, -0.2) is 4.39 Å². The van der Waals surface area contributed by atoms with Gasteiger partial charge in [0, 0.05) is 19.5 Å². The lowest BCUT2D eigenvalue weighted by Gasteiger charge is -2.23. The van der Waals surface area contributed by atoms with Gasteiger partial charge >= 0.3 is 0 Å². The van der Waals surface area contributed by atoms with E-state index in [1.807, 2.05) is 20.9 Å². The molecule has 0 aliphatic rings. The molecule has 0 radical (unpaired) electrons. The molecule has 106 valence electrons. The summed E-state index contributed by atoms with van der Waals surface area (Å²) in [6.07, 6.45) is 1.87. The Balaban J connectivity index is 2.57. The first kappa shape index (κ1) is 15.5. The third-order valence-corrected chi connectivity index (χ3v) is 3.49. The summed E-state index contributed by atoms with van der Waals surface area (Å²) < 4.78 is 18.4. The normalized spacial score (nSPS) is 12.1. The lowest BCUT2D eigenvalue weighted by atomic mass is 10.1. The molecule has 0 saturated heterocycles. The van der Waals surface area contributed by atoms with Gasteiger partial charge in [0.2, 0.25) is 5.91 Å². The van der Waals surface area contributed by atoms with Gasteiger partial charge < -0.3 is 9.64 Å². The maximum absolute atomic E-state index is 13.5. The molecule has 3 nitrogen and oxygen atoms in total. The van der Waals surface area contributed by atoms with E-state index in [0.29, 0.717) is 12.8 Å². The van der Waals surface area contributed by atoms with Gasteiger partial charge in [0.05, 0.1) is 7.11 Å². The molecule has 0 saturated carbocycles. The summed E-state index contributed by atoms with van der Waals surface area (Å²) in [7, 11) is 3.24. The van der Waals surface area contributed by atoms with Crippen LogP contribution in [0.2, 0.25) is 0 Å². The van der Waals surface area contributed by atoms with E-state index >= 15 is 0 Å². The number of methoxy groups -OCH3 is 1. The number of hydrogen-bond acceptors (Lipinski definition) is 2. The van der Waals surface area contributed by atoms with Crippen molar-refractivity contribution in [3.8, 4) is 5.75 Å². The number of ether oxygens (including phenoxy) is 1. The molecular formula is C15H22FNO2. The molecule has 0 N–H and O–H groups in total. The highest BCUT2D eigenvalue weighted by molar-refractivity contribution is 5.76. The third kappa shape index (κ3) is 4.23. The molecule has 1 unspecified atom stereocenters. The van der Waals surface area contributed by atoms with E-state index in [0.717, 1.165) is 12.0 Å². The quantitative estimate of drug-likeness (QED) is 0.793. The third-order valence-electron chi connectivity index (χ3n) is 3.49. The summed E-state index contributed by atoms with van der Waals surface area (Å²) in [5.74, 6) is -0.0693. The highest BCUT2D eigenvalue weighted by atomic mass is 19.1. The largest absolute Gasteiger partial charge is 0.494 e. The first-order valence-corrected chi connectivity index (χ1v) is 6.57. The van der Waals surface area contributed by atoms with Gasteiger partial charge in [-0.15, -0.1) is 0 Å². The molecule has 0 aliphatic carbocycles. The van der Waals surface area contributed by atoms with Gasteiger partial charge in [-0.1, -0.05) is 13.0 Å². The number of aryl methyl sites for hydroxylation is 1. The fourth-order valence-electron chi connectivity index (χ4n) is 1.81. The van der Waals surface area contributed by atoms with E-state index in [9.17, 15) is 9.18 Å². The molecule has 4 heteroatoms. The summed E-state index contributed by atoms with van der Waals surface area (Å²) in [4.78, 5) is 13.7. The first-order valence-electron chi connectivity index (χ1n) is 6.57. The summed E-state index contributed by atoms with van der Waals surface area (Å²) in [5.41, 5.74) is 0.809. The van der Waals surface area contributed by atoms with Gasteiger partial charge in [-0.2, -0.15) is 0 Å². The predicted octanol–water partition coefficient (Wildman–Crippen LogP) is 3.02. The average molecular weight is 267 g/mol. The molecule has 1 atom stereocenters. The molecular weight excluding hydrogens is 245 g/mol. The zero-order valence-corrected chi connectivity index (χ0v) is 12.1. The summed E-state index contributed by atoms with van der Waals surface area (Å²) in [6, 6.07) is 5.04. The SMILES string of the molecule is CCC(C)N(C)C(=O)CCc1ccc(OC)c(F)c1. The maximum Gasteiger partial charge on any atom is 0.222 e. The minimum atomic E-state index is -0.386. The number of halogens is 1. The molecule has 0 spiro atoms. The highest BCUT2D eigenvalue weighted by Crippen LogP contribution is 2.18. The van der Waals surface area contributed by atoms with Crippen molar-refractivity contribution in [2.75, 3.05) is 14.2 Å². The smallest absolute Gasteiger partial charge is 0.222 e. The number of carbonyl (C=O) groups is 1. The average Bonchev–Trinajstić information content (AvgIpc) is 2.43. The molecule has 1 aromatic carbocycles. The van der Waals surface area contributed by atoms with Gasteiger partial charge in [-0.05, 0) is 37.5 Å². The standard InChI is InChI=1S/C15H22FNO2/c1-5-11(2)17(3)15(18)9-7-12-6-8-14(19-4)13(16)10-12/h6,8,10-11H,5,7,9H2,1-4H3. The number of rotatable bonds is 6. The Morgan fingerprint density at radius 3 is 2.68 bits per heavy atom. The molecule has 0 aliphatic heterocycles. The van der Waals surface area contributed by atoms with Crippen LogP contribution in [0.3, 0.4) is 0 Å². The summed E-state index contributed by atoms with van der Waals surface area (Å²) >= 11 is 0. The minimum absolute atomic E-state index is 0.0885. The van der Waals surface area contributed by atoms with E-state index in [4.69, 9.17) is 4.74 Å². The Labute approximate surface area is 114 Å². The van der Waals surface area contributed by atoms with Crippen LogP contribution in [0.4, 0.5) is 4.39 Å². The van der Waals surface area contributed by atoms with E-state index in [1.165, 1.54) is 13.2 Å². The van der Waals surface area contributed by atoms with Crippen molar-refractivity contribution in [1.82, 2.24) is 4.90 Å². The second-order valence-electron chi connectivity index (χ2n) is 4.73. The van der Waals surface area contributed by atoms with Crippen LogP contribution in [-0.4, -0.2) is 31.0 Å². The Kier molecular flexibility index (Phi) is 5.80. The Bertz CT molecular complexity index is 434. The molecule has 1 rings (SSSR count). The van der Waals surface area contributed by atoms with Gasteiger partial charge in [0.25, 0.3) is 0 Å². The van der Waals surface area contributed by atoms with E-state index < -0.39 is 0 Å². The lowest BCUT2D eigenvalue weighted by molar-refractivity contribution is -0.131. The second-order valence-corrected chi connectivity index (χ2v) is 4.73. The maximum atomic E-state index is 13.5. The molecule has 0 fully saturated rings. The van der Waals surface area contributed by atoms with Crippen molar-refractivity contribution >= 4 is 5.91 Å². The monoisotopic (exact) mass is 267 g/mol. The van der Waals surface area contributed by atoms with Crippen LogP contribution in [-0.2, 0) is 11.2 Å². The Hall–Kier alpha value is -1.58. The van der Waals surface area contributed by atoms with Crippen LogP contribution in [0.1, 0.15) is 32.3 Å². The van der Waals surface area contributed by atoms with Crippen molar-refractivity contribution < 1.29 is 13.9 Å². The van der Waals surface area contributed by atoms with Crippen molar-refractivity contribution in [2.24, 2.45) is 0 Å². The van der Waals surface area contributed by atoms with Crippen molar-refractivity contribution in [3.05, 3.63) is 29.6 Å². The van der Waals surface area contributed by atoms with Crippen molar-refractivity contribution in [2.45, 2.75) is 39.2 Å². The van der Waals surface area contributed by atoms with Gasteiger partial charge in [0.1, 0.15) is 0 Å². The van der Waals surface area contributed by atoms with Crippen LogP contribution >= 0.6 is 0 Å². The van der Waals surface area contributed by atoms with Crippen LogP contribution < -0.4 is 4.74 Å². The highest BCUT2D eigenvalue weighted by Gasteiger charge is 2.14. The lowest BCUT2D eigenvalue weighted by Crippen LogP contribution is -2.34. The number of benzene rings is 1. The number of hydrogen-bond donors (Lipinski definition) is 0. The summed E-state index contributed by atoms with van der Waals surface area (Å²) in [6.45, 7) is 4.07. The van der Waals surface area contributed by atoms with Crippen molar-refractivity contribution in [3.63, 3.8) is 0 Å². The van der Waals surface area contributed by atoms with E-state index in [-0.39, 0.29) is 23.5 Å². The fraction of sp³-hybridized carbons (Fsp3) is 0.533. The molecule has 1 aromatic rings. The fourth-order valence-corrected chi connectivity index (χ4v) is 1.81. The number of amides is 1. The Morgan fingerprint density at radius 2 is 2.16 bits per heavy atom. The van der Waals surface area contributed by atoms with E-state index in [1.54, 1.807) is 17.0 Å². The zero-order chi connectivity index (χ0) is 14.4. The van der Waals surface area contributed by atoms with E-state index in [2.05, 4.69) is 0 Å². The Morgan fingerprint density at radius 1 is 1.47 bits per heavy atom. The topological polar surface area (TPSA) is 29.5 Å². The summed E-state index contributed by atoms with van der Waals surface area (Å²) in [5, 5.41) is 0. The predicted molar refractivity (Wildman–Crippen MR) is 73.8 cm³/mol.